The van der Waals surface area contributed by atoms with Gasteiger partial charge in [-0.2, -0.15) is 0 Å². The molecule has 0 bridgehead atoms. The molecule has 0 aromatic heterocycles. The average Bonchev–Trinajstić information content (AvgIpc) is 2.39. The standard InChI is InChI=1S/C10H13BO2/c1-10(2)8-6-4-5-7-9(8)11(12-3)13-10/h4-7H,1-3H3. The van der Waals surface area contributed by atoms with Gasteiger partial charge >= 0.3 is 7.12 Å². The highest BCUT2D eigenvalue weighted by Crippen LogP contribution is 2.29. The Kier molecular flexibility index (Phi) is 1.93. The van der Waals surface area contributed by atoms with Crippen molar-refractivity contribution in [1.82, 2.24) is 0 Å². The van der Waals surface area contributed by atoms with Gasteiger partial charge in [-0.25, -0.2) is 0 Å². The molecule has 0 N–H and O–H groups in total. The van der Waals surface area contributed by atoms with E-state index in [-0.39, 0.29) is 12.7 Å². The van der Waals surface area contributed by atoms with E-state index in [1.165, 1.54) is 5.56 Å². The topological polar surface area (TPSA) is 18.5 Å². The van der Waals surface area contributed by atoms with Gasteiger partial charge in [0.2, 0.25) is 0 Å². The molecule has 68 valence electrons. The molecule has 13 heavy (non-hydrogen) atoms. The lowest BCUT2D eigenvalue weighted by Crippen LogP contribution is -2.31. The average molecular weight is 176 g/mol. The Morgan fingerprint density at radius 2 is 2.00 bits per heavy atom. The van der Waals surface area contributed by atoms with Gasteiger partial charge in [0.15, 0.2) is 0 Å². The highest BCUT2D eigenvalue weighted by Gasteiger charge is 2.41. The Labute approximate surface area is 79.0 Å². The van der Waals surface area contributed by atoms with Crippen molar-refractivity contribution in [1.29, 1.82) is 0 Å². The largest absolute Gasteiger partial charge is 0.494 e. The summed E-state index contributed by atoms with van der Waals surface area (Å²) >= 11 is 0. The fourth-order valence-electron chi connectivity index (χ4n) is 1.82. The molecular formula is C10H13BO2. The van der Waals surface area contributed by atoms with E-state index in [4.69, 9.17) is 9.31 Å². The van der Waals surface area contributed by atoms with Crippen LogP contribution in [0.5, 0.6) is 0 Å². The van der Waals surface area contributed by atoms with Crippen LogP contribution >= 0.6 is 0 Å². The predicted octanol–water partition coefficient (Wildman–Crippen LogP) is 1.29. The molecule has 0 saturated carbocycles. The number of benzene rings is 1. The quantitative estimate of drug-likeness (QED) is 0.600. The van der Waals surface area contributed by atoms with Crippen molar-refractivity contribution in [2.45, 2.75) is 19.4 Å². The summed E-state index contributed by atoms with van der Waals surface area (Å²) in [6.07, 6.45) is 0. The van der Waals surface area contributed by atoms with Gasteiger partial charge in [-0.3, -0.25) is 0 Å². The summed E-state index contributed by atoms with van der Waals surface area (Å²) in [6.45, 7) is 4.12. The van der Waals surface area contributed by atoms with Crippen LogP contribution in [0.2, 0.25) is 0 Å². The zero-order valence-corrected chi connectivity index (χ0v) is 8.20. The van der Waals surface area contributed by atoms with Crippen LogP contribution in [-0.4, -0.2) is 14.2 Å². The van der Waals surface area contributed by atoms with Crippen molar-refractivity contribution < 1.29 is 9.31 Å². The van der Waals surface area contributed by atoms with Crippen LogP contribution in [0.25, 0.3) is 0 Å². The fourth-order valence-corrected chi connectivity index (χ4v) is 1.82. The SMILES string of the molecule is COB1OC(C)(C)c2ccccc21. The summed E-state index contributed by atoms with van der Waals surface area (Å²) in [4.78, 5) is 0. The Bertz CT molecular complexity index is 322. The molecule has 0 unspecified atom stereocenters. The predicted molar refractivity (Wildman–Crippen MR) is 53.0 cm³/mol. The van der Waals surface area contributed by atoms with Crippen LogP contribution in [0.1, 0.15) is 19.4 Å². The van der Waals surface area contributed by atoms with Crippen molar-refractivity contribution in [3.05, 3.63) is 29.8 Å². The Balaban J connectivity index is 2.51. The third kappa shape index (κ3) is 1.28. The first-order valence-electron chi connectivity index (χ1n) is 4.45. The van der Waals surface area contributed by atoms with E-state index in [1.807, 2.05) is 12.1 Å². The first kappa shape index (κ1) is 8.79. The van der Waals surface area contributed by atoms with E-state index in [9.17, 15) is 0 Å². The number of fused-ring (bicyclic) bond motifs is 1. The van der Waals surface area contributed by atoms with Gasteiger partial charge in [0, 0.05) is 7.11 Å². The molecule has 0 spiro atoms. The Morgan fingerprint density at radius 1 is 1.31 bits per heavy atom. The second-order valence-corrected chi connectivity index (χ2v) is 3.78. The lowest BCUT2D eigenvalue weighted by molar-refractivity contribution is 0.0930. The van der Waals surface area contributed by atoms with Crippen molar-refractivity contribution in [2.24, 2.45) is 0 Å². The van der Waals surface area contributed by atoms with Gasteiger partial charge in [-0.1, -0.05) is 24.3 Å². The molecule has 3 heteroatoms. The normalized spacial score (nSPS) is 18.8. The Hall–Kier alpha value is -0.795. The first-order chi connectivity index (χ1) is 6.15. The number of rotatable bonds is 1. The number of hydrogen-bond donors (Lipinski definition) is 0. The molecule has 0 fully saturated rings. The molecule has 1 heterocycles. The second kappa shape index (κ2) is 2.86. The summed E-state index contributed by atoms with van der Waals surface area (Å²) in [5.74, 6) is 0. The van der Waals surface area contributed by atoms with Gasteiger partial charge in [0.05, 0.1) is 5.60 Å². The van der Waals surface area contributed by atoms with E-state index in [0.29, 0.717) is 0 Å². The molecule has 2 nitrogen and oxygen atoms in total. The molecular weight excluding hydrogens is 163 g/mol. The fraction of sp³-hybridized carbons (Fsp3) is 0.400. The summed E-state index contributed by atoms with van der Waals surface area (Å²) < 4.78 is 11.0. The summed E-state index contributed by atoms with van der Waals surface area (Å²) in [5, 5.41) is 0. The van der Waals surface area contributed by atoms with Crippen LogP contribution in [0, 0.1) is 0 Å². The molecule has 1 aliphatic rings. The highest BCUT2D eigenvalue weighted by atomic mass is 16.6. The van der Waals surface area contributed by atoms with Gasteiger partial charge in [-0.05, 0) is 24.9 Å². The molecule has 0 amide bonds. The molecule has 2 rings (SSSR count). The van der Waals surface area contributed by atoms with Gasteiger partial charge < -0.3 is 9.31 Å². The van der Waals surface area contributed by atoms with E-state index in [0.717, 1.165) is 5.46 Å². The zero-order valence-electron chi connectivity index (χ0n) is 8.20. The Morgan fingerprint density at radius 3 is 2.69 bits per heavy atom. The molecule has 1 aromatic carbocycles. The third-order valence-electron chi connectivity index (χ3n) is 2.48. The van der Waals surface area contributed by atoms with E-state index >= 15 is 0 Å². The first-order valence-corrected chi connectivity index (χ1v) is 4.45. The number of hydrogen-bond acceptors (Lipinski definition) is 2. The van der Waals surface area contributed by atoms with Crippen LogP contribution in [0.4, 0.5) is 0 Å². The van der Waals surface area contributed by atoms with Gasteiger partial charge in [0.1, 0.15) is 0 Å². The summed E-state index contributed by atoms with van der Waals surface area (Å²) in [7, 11) is 1.47. The summed E-state index contributed by atoms with van der Waals surface area (Å²) in [6, 6.07) is 8.18. The smallest absolute Gasteiger partial charge is 0.410 e. The van der Waals surface area contributed by atoms with Crippen LogP contribution < -0.4 is 5.46 Å². The lowest BCUT2D eigenvalue weighted by atomic mass is 9.78. The van der Waals surface area contributed by atoms with E-state index < -0.39 is 0 Å². The van der Waals surface area contributed by atoms with Gasteiger partial charge in [0.25, 0.3) is 0 Å². The van der Waals surface area contributed by atoms with Crippen LogP contribution in [0.15, 0.2) is 24.3 Å². The minimum absolute atomic E-state index is 0.203. The molecule has 1 aliphatic heterocycles. The minimum atomic E-state index is -0.225. The monoisotopic (exact) mass is 176 g/mol. The summed E-state index contributed by atoms with van der Waals surface area (Å²) in [5.41, 5.74) is 2.15. The van der Waals surface area contributed by atoms with Crippen molar-refractivity contribution >= 4 is 12.6 Å². The molecule has 0 saturated heterocycles. The minimum Gasteiger partial charge on any atom is -0.410 e. The van der Waals surface area contributed by atoms with E-state index in [2.05, 4.69) is 26.0 Å². The zero-order chi connectivity index (χ0) is 9.47. The maximum absolute atomic E-state index is 5.75. The van der Waals surface area contributed by atoms with Crippen molar-refractivity contribution in [3.8, 4) is 0 Å². The van der Waals surface area contributed by atoms with Crippen molar-refractivity contribution in [3.63, 3.8) is 0 Å². The highest BCUT2D eigenvalue weighted by molar-refractivity contribution is 6.63. The third-order valence-corrected chi connectivity index (χ3v) is 2.48. The maximum Gasteiger partial charge on any atom is 0.494 e. The van der Waals surface area contributed by atoms with Gasteiger partial charge in [-0.15, -0.1) is 0 Å². The van der Waals surface area contributed by atoms with E-state index in [1.54, 1.807) is 7.11 Å². The molecule has 0 radical (unpaired) electrons. The molecule has 0 aliphatic carbocycles. The molecule has 1 aromatic rings. The lowest BCUT2D eigenvalue weighted by Gasteiger charge is -2.19. The van der Waals surface area contributed by atoms with Crippen LogP contribution in [-0.2, 0) is 14.9 Å². The van der Waals surface area contributed by atoms with Crippen molar-refractivity contribution in [2.75, 3.05) is 7.11 Å². The molecule has 0 atom stereocenters. The van der Waals surface area contributed by atoms with Crippen LogP contribution in [0.3, 0.4) is 0 Å². The maximum atomic E-state index is 5.75. The second-order valence-electron chi connectivity index (χ2n) is 3.78.